The van der Waals surface area contributed by atoms with Crippen LogP contribution in [-0.4, -0.2) is 58.8 Å². The lowest BCUT2D eigenvalue weighted by Gasteiger charge is -2.28. The van der Waals surface area contributed by atoms with Crippen LogP contribution in [0.3, 0.4) is 0 Å². The zero-order valence-electron chi connectivity index (χ0n) is 15.0. The molecule has 9 heteroatoms. The van der Waals surface area contributed by atoms with E-state index in [1.165, 1.54) is 11.8 Å². The summed E-state index contributed by atoms with van der Waals surface area (Å²) in [6.07, 6.45) is 2.43. The van der Waals surface area contributed by atoms with E-state index in [0.29, 0.717) is 17.5 Å². The van der Waals surface area contributed by atoms with Crippen LogP contribution in [0.15, 0.2) is 33.9 Å². The molecule has 0 radical (unpaired) electrons. The van der Waals surface area contributed by atoms with Gasteiger partial charge in [0.1, 0.15) is 0 Å². The second kappa shape index (κ2) is 7.27. The molecule has 2 fully saturated rings. The van der Waals surface area contributed by atoms with Crippen LogP contribution in [0.5, 0.6) is 0 Å². The quantitative estimate of drug-likeness (QED) is 0.678. The van der Waals surface area contributed by atoms with Crippen LogP contribution in [0.4, 0.5) is 0 Å². The van der Waals surface area contributed by atoms with Gasteiger partial charge in [-0.05, 0) is 38.3 Å². The summed E-state index contributed by atoms with van der Waals surface area (Å²) in [6, 6.07) is 7.76. The molecule has 7 nitrogen and oxygen atoms in total. The van der Waals surface area contributed by atoms with Crippen molar-refractivity contribution in [2.45, 2.75) is 43.5 Å². The van der Waals surface area contributed by atoms with Gasteiger partial charge in [-0.25, -0.2) is 8.42 Å². The Balaban J connectivity index is 1.40. The van der Waals surface area contributed by atoms with Crippen LogP contribution >= 0.6 is 11.8 Å². The Kier molecular flexibility index (Phi) is 4.98. The van der Waals surface area contributed by atoms with Gasteiger partial charge in [-0.15, -0.1) is 10.2 Å². The molecule has 4 rings (SSSR count). The number of hydrogen-bond donors (Lipinski definition) is 0. The Labute approximate surface area is 162 Å². The molecule has 27 heavy (non-hydrogen) atoms. The molecule has 2 heterocycles. The van der Waals surface area contributed by atoms with Gasteiger partial charge < -0.3 is 9.32 Å². The van der Waals surface area contributed by atoms with Crippen molar-refractivity contribution >= 4 is 27.5 Å². The summed E-state index contributed by atoms with van der Waals surface area (Å²) < 4.78 is 29.2. The van der Waals surface area contributed by atoms with Crippen LogP contribution in [0.2, 0.25) is 0 Å². The molecule has 1 aromatic heterocycles. The summed E-state index contributed by atoms with van der Waals surface area (Å²) in [4.78, 5) is 14.5. The number of amides is 1. The monoisotopic (exact) mass is 407 g/mol. The minimum atomic E-state index is -3.02. The lowest BCUT2D eigenvalue weighted by atomic mass is 10.1. The van der Waals surface area contributed by atoms with E-state index in [1.807, 2.05) is 31.2 Å². The first-order valence-electron chi connectivity index (χ1n) is 8.96. The fourth-order valence-corrected chi connectivity index (χ4v) is 5.76. The Hall–Kier alpha value is -1.87. The second-order valence-corrected chi connectivity index (χ2v) is 10.3. The van der Waals surface area contributed by atoms with E-state index in [9.17, 15) is 13.2 Å². The number of aryl methyl sites for hydroxylation is 1. The van der Waals surface area contributed by atoms with Gasteiger partial charge >= 0.3 is 0 Å². The zero-order chi connectivity index (χ0) is 19.0. The standard InChI is InChI=1S/C18H21N3O4S2/c1-12-3-2-4-13(9-12)17-19-20-18(25-17)26-10-16(22)21(14-5-6-14)15-7-8-27(23,24)11-15/h2-4,9,14-15H,5-8,10-11H2,1H3/t15-/m0/s1. The number of benzene rings is 1. The highest BCUT2D eigenvalue weighted by molar-refractivity contribution is 7.99. The molecule has 1 aliphatic heterocycles. The van der Waals surface area contributed by atoms with Crippen molar-refractivity contribution in [3.63, 3.8) is 0 Å². The molecule has 0 bridgehead atoms. The van der Waals surface area contributed by atoms with Crippen LogP contribution in [-0.2, 0) is 14.6 Å². The van der Waals surface area contributed by atoms with Gasteiger partial charge in [0.15, 0.2) is 9.84 Å². The van der Waals surface area contributed by atoms with Gasteiger partial charge in [0.05, 0.1) is 17.3 Å². The van der Waals surface area contributed by atoms with Gasteiger partial charge in [0, 0.05) is 17.6 Å². The van der Waals surface area contributed by atoms with E-state index in [-0.39, 0.29) is 35.2 Å². The summed E-state index contributed by atoms with van der Waals surface area (Å²) in [7, 11) is -3.02. The molecule has 1 aliphatic carbocycles. The minimum Gasteiger partial charge on any atom is -0.411 e. The molecule has 0 unspecified atom stereocenters. The molecule has 1 saturated heterocycles. The zero-order valence-corrected chi connectivity index (χ0v) is 16.6. The average Bonchev–Trinajstić information content (AvgIpc) is 3.21. The van der Waals surface area contributed by atoms with Crippen LogP contribution in [0.1, 0.15) is 24.8 Å². The number of carbonyl (C=O) groups excluding carboxylic acids is 1. The van der Waals surface area contributed by atoms with E-state index < -0.39 is 9.84 Å². The minimum absolute atomic E-state index is 0.0556. The van der Waals surface area contributed by atoms with Gasteiger partial charge in [-0.2, -0.15) is 0 Å². The summed E-state index contributed by atoms with van der Waals surface area (Å²) in [6.45, 7) is 1.99. The molecular weight excluding hydrogens is 386 g/mol. The van der Waals surface area contributed by atoms with Crippen LogP contribution < -0.4 is 0 Å². The highest BCUT2D eigenvalue weighted by Gasteiger charge is 2.42. The topological polar surface area (TPSA) is 93.4 Å². The molecule has 1 amide bonds. The predicted octanol–water partition coefficient (Wildman–Crippen LogP) is 2.32. The van der Waals surface area contributed by atoms with Crippen LogP contribution in [0.25, 0.3) is 11.5 Å². The average molecular weight is 408 g/mol. The molecule has 1 atom stereocenters. The summed E-state index contributed by atoms with van der Waals surface area (Å²) in [5.74, 6) is 0.792. The number of carbonyl (C=O) groups is 1. The predicted molar refractivity (Wildman–Crippen MR) is 102 cm³/mol. The third kappa shape index (κ3) is 4.35. The Bertz CT molecular complexity index is 953. The van der Waals surface area contributed by atoms with Crippen LogP contribution in [0, 0.1) is 6.92 Å². The smallest absolute Gasteiger partial charge is 0.277 e. The van der Waals surface area contributed by atoms with Gasteiger partial charge in [-0.1, -0.05) is 29.5 Å². The lowest BCUT2D eigenvalue weighted by molar-refractivity contribution is -0.130. The van der Waals surface area contributed by atoms with Gasteiger partial charge in [0.2, 0.25) is 11.8 Å². The normalized spacial score (nSPS) is 21.3. The SMILES string of the molecule is Cc1cccc(-c2nnc(SCC(=O)N(C3CC3)[C@H]3CCS(=O)(=O)C3)o2)c1. The van der Waals surface area contributed by atoms with Crippen molar-refractivity contribution in [1.82, 2.24) is 15.1 Å². The van der Waals surface area contributed by atoms with E-state index in [4.69, 9.17) is 4.42 Å². The van der Waals surface area contributed by atoms with Crippen molar-refractivity contribution in [2.75, 3.05) is 17.3 Å². The van der Waals surface area contributed by atoms with Crippen molar-refractivity contribution in [1.29, 1.82) is 0 Å². The third-order valence-electron chi connectivity index (χ3n) is 4.82. The number of hydrogen-bond acceptors (Lipinski definition) is 7. The van der Waals surface area contributed by atoms with Crippen molar-refractivity contribution < 1.29 is 17.6 Å². The summed E-state index contributed by atoms with van der Waals surface area (Å²) in [5.41, 5.74) is 1.94. The first kappa shape index (κ1) is 18.5. The molecule has 0 spiro atoms. The maximum atomic E-state index is 12.7. The van der Waals surface area contributed by atoms with Crippen molar-refractivity contribution in [3.05, 3.63) is 29.8 Å². The number of thioether (sulfide) groups is 1. The first-order chi connectivity index (χ1) is 12.9. The van der Waals surface area contributed by atoms with Crippen molar-refractivity contribution in [3.8, 4) is 11.5 Å². The molecule has 1 aromatic carbocycles. The van der Waals surface area contributed by atoms with Gasteiger partial charge in [-0.3, -0.25) is 4.79 Å². The molecular formula is C18H21N3O4S2. The Morgan fingerprint density at radius 2 is 2.07 bits per heavy atom. The van der Waals surface area contributed by atoms with E-state index in [1.54, 1.807) is 4.90 Å². The Morgan fingerprint density at radius 1 is 1.26 bits per heavy atom. The molecule has 2 aliphatic rings. The Morgan fingerprint density at radius 3 is 2.74 bits per heavy atom. The van der Waals surface area contributed by atoms with Gasteiger partial charge in [0.25, 0.3) is 5.22 Å². The third-order valence-corrected chi connectivity index (χ3v) is 7.37. The van der Waals surface area contributed by atoms with E-state index >= 15 is 0 Å². The van der Waals surface area contributed by atoms with E-state index in [2.05, 4.69) is 10.2 Å². The molecule has 1 saturated carbocycles. The number of sulfone groups is 1. The second-order valence-electron chi connectivity index (χ2n) is 7.12. The highest BCUT2D eigenvalue weighted by atomic mass is 32.2. The first-order valence-corrected chi connectivity index (χ1v) is 11.8. The fourth-order valence-electron chi connectivity index (χ4n) is 3.41. The molecule has 2 aromatic rings. The molecule has 144 valence electrons. The largest absolute Gasteiger partial charge is 0.411 e. The maximum Gasteiger partial charge on any atom is 0.277 e. The molecule has 0 N–H and O–H groups in total. The fraction of sp³-hybridized carbons (Fsp3) is 0.500. The number of aromatic nitrogens is 2. The lowest BCUT2D eigenvalue weighted by Crippen LogP contribution is -2.43. The highest BCUT2D eigenvalue weighted by Crippen LogP contribution is 2.33. The summed E-state index contributed by atoms with van der Waals surface area (Å²) >= 11 is 1.20. The maximum absolute atomic E-state index is 12.7. The number of nitrogens with zero attached hydrogens (tertiary/aromatic N) is 3. The number of rotatable bonds is 6. The van der Waals surface area contributed by atoms with E-state index in [0.717, 1.165) is 24.0 Å². The van der Waals surface area contributed by atoms with Crippen molar-refractivity contribution in [2.24, 2.45) is 0 Å². The summed E-state index contributed by atoms with van der Waals surface area (Å²) in [5, 5.41) is 8.41.